The molecule has 0 aromatic heterocycles. The number of nitrogens with one attached hydrogen (secondary N) is 1. The van der Waals surface area contributed by atoms with E-state index in [1.54, 1.807) is 0 Å². The van der Waals surface area contributed by atoms with Crippen molar-refractivity contribution in [2.45, 2.75) is 6.42 Å². The highest BCUT2D eigenvalue weighted by Crippen LogP contribution is 1.92. The van der Waals surface area contributed by atoms with Gasteiger partial charge in [0.05, 0.1) is 13.2 Å². The van der Waals surface area contributed by atoms with E-state index in [0.717, 1.165) is 0 Å². The summed E-state index contributed by atoms with van der Waals surface area (Å²) in [5.74, 6) is -0.244. The van der Waals surface area contributed by atoms with Crippen LogP contribution in [-0.4, -0.2) is 59.9 Å². The van der Waals surface area contributed by atoms with Crippen LogP contribution in [0.15, 0.2) is 0 Å². The number of rotatable bonds is 7. The molecule has 0 heterocycles. The number of carbonyl (C=O) groups excluding carboxylic acids is 2. The number of hydrogen-bond acceptors (Lipinski definition) is 4. The van der Waals surface area contributed by atoms with Crippen molar-refractivity contribution in [3.63, 3.8) is 0 Å². The summed E-state index contributed by atoms with van der Waals surface area (Å²) in [6.45, 7) is 0.192. The van der Waals surface area contributed by atoms with E-state index in [1.165, 1.54) is 4.90 Å². The standard InChI is InChI=1S/C8H17N3O4/c9-8(15)10-2-1-7(14)11(3-5-12)4-6-13/h12-13H,1-6H2,(H3,9,10,15). The van der Waals surface area contributed by atoms with Gasteiger partial charge in [0, 0.05) is 26.1 Å². The Kier molecular flexibility index (Phi) is 7.29. The Morgan fingerprint density at radius 3 is 2.13 bits per heavy atom. The molecular weight excluding hydrogens is 202 g/mol. The van der Waals surface area contributed by atoms with Crippen LogP contribution in [-0.2, 0) is 4.79 Å². The molecule has 0 rings (SSSR count). The summed E-state index contributed by atoms with van der Waals surface area (Å²) in [7, 11) is 0. The summed E-state index contributed by atoms with van der Waals surface area (Å²) in [5.41, 5.74) is 4.82. The van der Waals surface area contributed by atoms with Crippen LogP contribution in [0.1, 0.15) is 6.42 Å². The van der Waals surface area contributed by atoms with Crippen molar-refractivity contribution in [1.29, 1.82) is 0 Å². The maximum absolute atomic E-state index is 11.4. The number of primary amides is 1. The van der Waals surface area contributed by atoms with Gasteiger partial charge in [-0.2, -0.15) is 0 Å². The summed E-state index contributed by atoms with van der Waals surface area (Å²) < 4.78 is 0. The molecule has 0 saturated heterocycles. The van der Waals surface area contributed by atoms with Crippen molar-refractivity contribution in [1.82, 2.24) is 10.2 Å². The molecule has 3 amide bonds. The Bertz CT molecular complexity index is 204. The molecule has 15 heavy (non-hydrogen) atoms. The van der Waals surface area contributed by atoms with E-state index in [9.17, 15) is 9.59 Å². The number of hydrogen-bond donors (Lipinski definition) is 4. The molecule has 5 N–H and O–H groups in total. The highest BCUT2D eigenvalue weighted by atomic mass is 16.3. The molecule has 0 atom stereocenters. The third-order valence-corrected chi connectivity index (χ3v) is 1.73. The molecule has 0 spiro atoms. The number of aliphatic hydroxyl groups excluding tert-OH is 2. The Morgan fingerprint density at radius 1 is 1.20 bits per heavy atom. The zero-order valence-corrected chi connectivity index (χ0v) is 8.48. The molecule has 0 aliphatic carbocycles. The zero-order valence-electron chi connectivity index (χ0n) is 8.48. The lowest BCUT2D eigenvalue weighted by Crippen LogP contribution is -2.38. The van der Waals surface area contributed by atoms with Crippen molar-refractivity contribution < 1.29 is 19.8 Å². The van der Waals surface area contributed by atoms with Crippen molar-refractivity contribution >= 4 is 11.9 Å². The molecular formula is C8H17N3O4. The molecule has 0 unspecified atom stereocenters. The van der Waals surface area contributed by atoms with Gasteiger partial charge in [-0.05, 0) is 0 Å². The Hall–Kier alpha value is -1.34. The summed E-state index contributed by atoms with van der Waals surface area (Å²) in [5, 5.41) is 19.6. The first-order valence-corrected chi connectivity index (χ1v) is 4.64. The van der Waals surface area contributed by atoms with Crippen LogP contribution in [0.4, 0.5) is 4.79 Å². The number of carbonyl (C=O) groups is 2. The van der Waals surface area contributed by atoms with Crippen molar-refractivity contribution in [3.8, 4) is 0 Å². The molecule has 0 aromatic carbocycles. The molecule has 0 aliphatic rings. The monoisotopic (exact) mass is 219 g/mol. The third kappa shape index (κ3) is 6.69. The fourth-order valence-electron chi connectivity index (χ4n) is 1.05. The summed E-state index contributed by atoms with van der Waals surface area (Å²) in [6.07, 6.45) is 0.100. The van der Waals surface area contributed by atoms with E-state index >= 15 is 0 Å². The number of aliphatic hydroxyl groups is 2. The average molecular weight is 219 g/mol. The molecule has 0 saturated carbocycles. The highest BCUT2D eigenvalue weighted by molar-refractivity contribution is 5.77. The molecule has 0 radical (unpaired) electrons. The first-order chi connectivity index (χ1) is 7.11. The van der Waals surface area contributed by atoms with Gasteiger partial charge in [0.2, 0.25) is 5.91 Å². The van der Waals surface area contributed by atoms with Crippen LogP contribution in [0.5, 0.6) is 0 Å². The number of nitrogens with zero attached hydrogens (tertiary/aromatic N) is 1. The molecule has 0 aromatic rings. The van der Waals surface area contributed by atoms with Gasteiger partial charge in [-0.25, -0.2) is 4.79 Å². The van der Waals surface area contributed by atoms with Crippen LogP contribution in [0, 0.1) is 0 Å². The molecule has 7 nitrogen and oxygen atoms in total. The van der Waals surface area contributed by atoms with Gasteiger partial charge in [0.1, 0.15) is 0 Å². The van der Waals surface area contributed by atoms with E-state index in [0.29, 0.717) is 0 Å². The van der Waals surface area contributed by atoms with E-state index in [2.05, 4.69) is 5.32 Å². The van der Waals surface area contributed by atoms with Crippen LogP contribution >= 0.6 is 0 Å². The van der Waals surface area contributed by atoms with Crippen molar-refractivity contribution in [2.24, 2.45) is 5.73 Å². The number of nitrogens with two attached hydrogens (primary N) is 1. The van der Waals surface area contributed by atoms with Gasteiger partial charge in [-0.1, -0.05) is 0 Å². The largest absolute Gasteiger partial charge is 0.395 e. The second-order valence-corrected chi connectivity index (χ2v) is 2.87. The number of amides is 3. The minimum absolute atomic E-state index is 0.100. The van der Waals surface area contributed by atoms with E-state index in [-0.39, 0.29) is 45.2 Å². The van der Waals surface area contributed by atoms with Crippen molar-refractivity contribution in [3.05, 3.63) is 0 Å². The molecule has 88 valence electrons. The third-order valence-electron chi connectivity index (χ3n) is 1.73. The maximum Gasteiger partial charge on any atom is 0.312 e. The van der Waals surface area contributed by atoms with Gasteiger partial charge < -0.3 is 26.2 Å². The van der Waals surface area contributed by atoms with Crippen LogP contribution < -0.4 is 11.1 Å². The van der Waals surface area contributed by atoms with Crippen LogP contribution in [0.25, 0.3) is 0 Å². The normalized spacial score (nSPS) is 9.73. The smallest absolute Gasteiger partial charge is 0.312 e. The van der Waals surface area contributed by atoms with E-state index < -0.39 is 6.03 Å². The lowest BCUT2D eigenvalue weighted by molar-refractivity contribution is -0.132. The topological polar surface area (TPSA) is 116 Å². The fourth-order valence-corrected chi connectivity index (χ4v) is 1.05. The van der Waals surface area contributed by atoms with Gasteiger partial charge in [-0.3, -0.25) is 4.79 Å². The zero-order chi connectivity index (χ0) is 11.7. The van der Waals surface area contributed by atoms with Gasteiger partial charge in [0.25, 0.3) is 0 Å². The van der Waals surface area contributed by atoms with Gasteiger partial charge in [-0.15, -0.1) is 0 Å². The first-order valence-electron chi connectivity index (χ1n) is 4.64. The van der Waals surface area contributed by atoms with E-state index in [1.807, 2.05) is 0 Å². The second kappa shape index (κ2) is 8.01. The predicted octanol–water partition coefficient (Wildman–Crippen LogP) is -2.14. The fraction of sp³-hybridized carbons (Fsp3) is 0.750. The highest BCUT2D eigenvalue weighted by Gasteiger charge is 2.11. The average Bonchev–Trinajstić information content (AvgIpc) is 2.16. The minimum atomic E-state index is -0.682. The lowest BCUT2D eigenvalue weighted by atomic mass is 10.3. The van der Waals surface area contributed by atoms with Crippen LogP contribution in [0.2, 0.25) is 0 Å². The minimum Gasteiger partial charge on any atom is -0.395 e. The van der Waals surface area contributed by atoms with Crippen molar-refractivity contribution in [2.75, 3.05) is 32.8 Å². The maximum atomic E-state index is 11.4. The van der Waals surface area contributed by atoms with Gasteiger partial charge in [0.15, 0.2) is 0 Å². The number of urea groups is 1. The summed E-state index contributed by atoms with van der Waals surface area (Å²) in [4.78, 5) is 23.0. The quantitative estimate of drug-likeness (QED) is 0.391. The van der Waals surface area contributed by atoms with Crippen LogP contribution in [0.3, 0.4) is 0 Å². The van der Waals surface area contributed by atoms with E-state index in [4.69, 9.17) is 15.9 Å². The Balaban J connectivity index is 3.85. The second-order valence-electron chi connectivity index (χ2n) is 2.87. The SMILES string of the molecule is NC(=O)NCCC(=O)N(CCO)CCO. The first kappa shape index (κ1) is 13.7. The molecule has 0 aliphatic heterocycles. The molecule has 7 heteroatoms. The van der Waals surface area contributed by atoms with Gasteiger partial charge >= 0.3 is 6.03 Å². The molecule has 0 fully saturated rings. The molecule has 0 bridgehead atoms. The Morgan fingerprint density at radius 2 is 1.73 bits per heavy atom. The summed E-state index contributed by atoms with van der Waals surface area (Å²) in [6, 6.07) is -0.682. The Labute approximate surface area is 87.9 Å². The predicted molar refractivity (Wildman–Crippen MR) is 53.0 cm³/mol. The lowest BCUT2D eigenvalue weighted by Gasteiger charge is -2.20. The summed E-state index contributed by atoms with van der Waals surface area (Å²) >= 11 is 0.